The molecule has 1 heterocycles. The van der Waals surface area contributed by atoms with Gasteiger partial charge in [0.15, 0.2) is 11.6 Å². The van der Waals surface area contributed by atoms with Crippen LogP contribution in [0.25, 0.3) is 0 Å². The zero-order chi connectivity index (χ0) is 13.1. The Labute approximate surface area is 115 Å². The number of carbonyl (C=O) groups excluding carboxylic acids is 1. The molecule has 2 rings (SSSR count). The molecule has 1 aromatic carbocycles. The smallest absolute Gasteiger partial charge is 0.228 e. The van der Waals surface area contributed by atoms with E-state index >= 15 is 0 Å². The highest BCUT2D eigenvalue weighted by Crippen LogP contribution is 2.20. The molecule has 19 heavy (non-hydrogen) atoms. The second-order valence-electron chi connectivity index (χ2n) is 4.28. The molecule has 1 aliphatic rings. The van der Waals surface area contributed by atoms with Gasteiger partial charge in [0.2, 0.25) is 5.91 Å². The largest absolute Gasteiger partial charge is 0.323 e. The summed E-state index contributed by atoms with van der Waals surface area (Å²) in [5.74, 6) is -4.09. The van der Waals surface area contributed by atoms with E-state index in [0.29, 0.717) is 25.1 Å². The predicted octanol–water partition coefficient (Wildman–Crippen LogP) is 2.46. The first kappa shape index (κ1) is 15.8. The van der Waals surface area contributed by atoms with Crippen molar-refractivity contribution in [2.75, 3.05) is 18.4 Å². The van der Waals surface area contributed by atoms with Crippen LogP contribution in [0.2, 0.25) is 0 Å². The number of amides is 1. The molecular formula is C12H14ClF3N2O. The number of nitrogens with one attached hydrogen (secondary N) is 2. The Morgan fingerprint density at radius 1 is 1.21 bits per heavy atom. The van der Waals surface area contributed by atoms with E-state index in [1.165, 1.54) is 0 Å². The second-order valence-corrected chi connectivity index (χ2v) is 4.28. The number of benzene rings is 1. The lowest BCUT2D eigenvalue weighted by atomic mass is 9.99. The molecule has 0 aromatic heterocycles. The van der Waals surface area contributed by atoms with Crippen LogP contribution < -0.4 is 10.6 Å². The van der Waals surface area contributed by atoms with Crippen molar-refractivity contribution in [2.45, 2.75) is 12.8 Å². The van der Waals surface area contributed by atoms with E-state index in [9.17, 15) is 18.0 Å². The van der Waals surface area contributed by atoms with Gasteiger partial charge in [-0.25, -0.2) is 13.2 Å². The molecule has 1 saturated heterocycles. The van der Waals surface area contributed by atoms with Crippen molar-refractivity contribution in [1.29, 1.82) is 0 Å². The summed E-state index contributed by atoms with van der Waals surface area (Å²) in [5, 5.41) is 5.34. The summed E-state index contributed by atoms with van der Waals surface area (Å²) in [7, 11) is 0. The zero-order valence-corrected chi connectivity index (χ0v) is 10.8. The number of halogens is 4. The number of anilines is 1. The highest BCUT2D eigenvalue weighted by molar-refractivity contribution is 5.92. The molecule has 7 heteroatoms. The monoisotopic (exact) mass is 294 g/mol. The number of carbonyl (C=O) groups is 1. The third-order valence-electron chi connectivity index (χ3n) is 2.94. The van der Waals surface area contributed by atoms with Crippen LogP contribution in [-0.4, -0.2) is 19.0 Å². The van der Waals surface area contributed by atoms with Crippen LogP contribution in [0.3, 0.4) is 0 Å². The molecule has 1 aliphatic heterocycles. The predicted molar refractivity (Wildman–Crippen MR) is 67.8 cm³/mol. The van der Waals surface area contributed by atoms with Gasteiger partial charge in [0.05, 0.1) is 11.6 Å². The summed E-state index contributed by atoms with van der Waals surface area (Å²) in [4.78, 5) is 11.8. The maximum absolute atomic E-state index is 13.3. The first-order valence-corrected chi connectivity index (χ1v) is 5.74. The lowest BCUT2D eigenvalue weighted by molar-refractivity contribution is -0.120. The average Bonchev–Trinajstić information content (AvgIpc) is 2.37. The molecule has 1 aromatic rings. The number of piperidine rings is 1. The van der Waals surface area contributed by atoms with Crippen LogP contribution in [0.1, 0.15) is 12.8 Å². The lowest BCUT2D eigenvalue weighted by Gasteiger charge is -2.22. The quantitative estimate of drug-likeness (QED) is 0.823. The average molecular weight is 295 g/mol. The van der Waals surface area contributed by atoms with E-state index in [-0.39, 0.29) is 29.9 Å². The van der Waals surface area contributed by atoms with Crippen molar-refractivity contribution in [3.63, 3.8) is 0 Å². The molecule has 0 aliphatic carbocycles. The Hall–Kier alpha value is -1.27. The van der Waals surface area contributed by atoms with Crippen LogP contribution >= 0.6 is 12.4 Å². The number of rotatable bonds is 2. The Balaban J connectivity index is 0.00000180. The minimum Gasteiger partial charge on any atom is -0.323 e. The Morgan fingerprint density at radius 3 is 2.53 bits per heavy atom. The molecule has 0 saturated carbocycles. The molecule has 1 amide bonds. The summed E-state index contributed by atoms with van der Waals surface area (Å²) in [6.07, 6.45) is 1.56. The first-order chi connectivity index (χ1) is 8.58. The van der Waals surface area contributed by atoms with Crippen molar-refractivity contribution in [3.8, 4) is 0 Å². The van der Waals surface area contributed by atoms with E-state index in [0.717, 1.165) is 13.0 Å². The fraction of sp³-hybridized carbons (Fsp3) is 0.417. The van der Waals surface area contributed by atoms with Crippen molar-refractivity contribution < 1.29 is 18.0 Å². The van der Waals surface area contributed by atoms with Gasteiger partial charge in [-0.1, -0.05) is 0 Å². The SMILES string of the molecule is Cl.O=C(Nc1cc(F)c(F)cc1F)[C@@H]1CCCNC1. The maximum Gasteiger partial charge on any atom is 0.228 e. The van der Waals surface area contributed by atoms with E-state index in [1.54, 1.807) is 0 Å². The van der Waals surface area contributed by atoms with Crippen LogP contribution in [0.15, 0.2) is 12.1 Å². The van der Waals surface area contributed by atoms with Crippen molar-refractivity contribution in [2.24, 2.45) is 5.92 Å². The third-order valence-corrected chi connectivity index (χ3v) is 2.94. The molecule has 1 fully saturated rings. The van der Waals surface area contributed by atoms with Gasteiger partial charge in [-0.3, -0.25) is 4.79 Å². The van der Waals surface area contributed by atoms with Gasteiger partial charge in [0.1, 0.15) is 5.82 Å². The standard InChI is InChI=1S/C12H13F3N2O.ClH/c13-8-4-10(15)11(5-9(8)14)17-12(18)7-2-1-3-16-6-7;/h4-5,7,16H,1-3,6H2,(H,17,18);1H/t7-;/m1./s1. The molecule has 1 atom stereocenters. The summed E-state index contributed by atoms with van der Waals surface area (Å²) in [6.45, 7) is 1.36. The van der Waals surface area contributed by atoms with Crippen molar-refractivity contribution in [3.05, 3.63) is 29.6 Å². The van der Waals surface area contributed by atoms with Gasteiger partial charge in [0, 0.05) is 18.7 Å². The molecule has 0 radical (unpaired) electrons. The van der Waals surface area contributed by atoms with Gasteiger partial charge < -0.3 is 10.6 Å². The first-order valence-electron chi connectivity index (χ1n) is 5.74. The summed E-state index contributed by atoms with van der Waals surface area (Å²) in [6, 6.07) is 1.07. The molecule has 106 valence electrons. The molecule has 0 spiro atoms. The molecule has 2 N–H and O–H groups in total. The van der Waals surface area contributed by atoms with Crippen LogP contribution in [0, 0.1) is 23.4 Å². The molecule has 0 unspecified atom stereocenters. The molecular weight excluding hydrogens is 281 g/mol. The van der Waals surface area contributed by atoms with Crippen molar-refractivity contribution >= 4 is 24.0 Å². The highest BCUT2D eigenvalue weighted by atomic mass is 35.5. The minimum atomic E-state index is -1.27. The Bertz CT molecular complexity index is 465. The van der Waals surface area contributed by atoms with E-state index in [1.807, 2.05) is 0 Å². The van der Waals surface area contributed by atoms with Gasteiger partial charge in [0.25, 0.3) is 0 Å². The van der Waals surface area contributed by atoms with E-state index < -0.39 is 17.5 Å². The fourth-order valence-electron chi connectivity index (χ4n) is 1.93. The summed E-state index contributed by atoms with van der Waals surface area (Å²) >= 11 is 0. The van der Waals surface area contributed by atoms with Crippen LogP contribution in [0.4, 0.5) is 18.9 Å². The minimum absolute atomic E-state index is 0. The van der Waals surface area contributed by atoms with Gasteiger partial charge in [-0.05, 0) is 19.4 Å². The van der Waals surface area contributed by atoms with Crippen LogP contribution in [-0.2, 0) is 4.79 Å². The normalized spacial score (nSPS) is 18.6. The van der Waals surface area contributed by atoms with Gasteiger partial charge in [-0.2, -0.15) is 0 Å². The second kappa shape index (κ2) is 6.77. The summed E-state index contributed by atoms with van der Waals surface area (Å²) in [5.41, 5.74) is -0.329. The van der Waals surface area contributed by atoms with Crippen molar-refractivity contribution in [1.82, 2.24) is 5.32 Å². The van der Waals surface area contributed by atoms with Gasteiger partial charge in [-0.15, -0.1) is 12.4 Å². The third kappa shape index (κ3) is 3.84. The molecule has 3 nitrogen and oxygen atoms in total. The number of hydrogen-bond acceptors (Lipinski definition) is 2. The van der Waals surface area contributed by atoms with E-state index in [2.05, 4.69) is 10.6 Å². The topological polar surface area (TPSA) is 41.1 Å². The lowest BCUT2D eigenvalue weighted by Crippen LogP contribution is -2.37. The Morgan fingerprint density at radius 2 is 1.89 bits per heavy atom. The van der Waals surface area contributed by atoms with Crippen LogP contribution in [0.5, 0.6) is 0 Å². The fourth-order valence-corrected chi connectivity index (χ4v) is 1.93. The zero-order valence-electron chi connectivity index (χ0n) is 10.0. The number of hydrogen-bond donors (Lipinski definition) is 2. The Kier molecular flexibility index (Phi) is 5.62. The highest BCUT2D eigenvalue weighted by Gasteiger charge is 2.22. The summed E-state index contributed by atoms with van der Waals surface area (Å²) < 4.78 is 39.0. The van der Waals surface area contributed by atoms with E-state index in [4.69, 9.17) is 0 Å². The maximum atomic E-state index is 13.3. The van der Waals surface area contributed by atoms with Gasteiger partial charge >= 0.3 is 0 Å². The molecule has 0 bridgehead atoms.